The molecule has 2 aromatic rings. The summed E-state index contributed by atoms with van der Waals surface area (Å²) in [4.78, 5) is 2.34. The molecule has 0 aliphatic carbocycles. The van der Waals surface area contributed by atoms with Gasteiger partial charge < -0.3 is 15.4 Å². The fourth-order valence-electron chi connectivity index (χ4n) is 3.14. The molecular weight excluding hydrogens is 392 g/mol. The molecule has 1 aliphatic heterocycles. The molecule has 7 heteroatoms. The molecule has 1 fully saturated rings. The number of halogens is 1. The number of benzene rings is 2. The van der Waals surface area contributed by atoms with E-state index in [4.69, 9.17) is 28.6 Å². The first kappa shape index (κ1) is 20.6. The fourth-order valence-corrected chi connectivity index (χ4v) is 3.65. The Morgan fingerprint density at radius 1 is 1.21 bits per heavy atom. The molecule has 28 heavy (non-hydrogen) atoms. The Bertz CT molecular complexity index is 834. The van der Waals surface area contributed by atoms with Crippen molar-refractivity contribution < 1.29 is 4.74 Å². The lowest BCUT2D eigenvalue weighted by Gasteiger charge is -2.26. The van der Waals surface area contributed by atoms with Gasteiger partial charge in [-0.25, -0.2) is 0 Å². The summed E-state index contributed by atoms with van der Waals surface area (Å²) in [6.07, 6.45) is 0. The van der Waals surface area contributed by atoms with Crippen LogP contribution < -0.4 is 10.6 Å². The van der Waals surface area contributed by atoms with Crippen molar-refractivity contribution in [2.75, 3.05) is 44.7 Å². The van der Waals surface area contributed by atoms with E-state index >= 15 is 0 Å². The molecular formula is C21H23ClN4OS. The highest BCUT2D eigenvalue weighted by atomic mass is 35.5. The lowest BCUT2D eigenvalue weighted by Crippen LogP contribution is -2.42. The van der Waals surface area contributed by atoms with Crippen molar-refractivity contribution in [3.05, 3.63) is 64.7 Å². The smallest absolute Gasteiger partial charge is 0.170 e. The van der Waals surface area contributed by atoms with Gasteiger partial charge in [0.1, 0.15) is 0 Å². The summed E-state index contributed by atoms with van der Waals surface area (Å²) in [5, 5.41) is 17.1. The highest BCUT2D eigenvalue weighted by Crippen LogP contribution is 2.31. The van der Waals surface area contributed by atoms with Crippen molar-refractivity contribution in [2.45, 2.75) is 5.92 Å². The molecule has 0 bridgehead atoms. The van der Waals surface area contributed by atoms with Crippen LogP contribution in [0.3, 0.4) is 0 Å². The van der Waals surface area contributed by atoms with Crippen molar-refractivity contribution in [1.29, 1.82) is 5.26 Å². The molecule has 2 aromatic carbocycles. The summed E-state index contributed by atoms with van der Waals surface area (Å²) in [6, 6.07) is 17.6. The van der Waals surface area contributed by atoms with Gasteiger partial charge in [-0.3, -0.25) is 4.90 Å². The van der Waals surface area contributed by atoms with E-state index in [1.807, 2.05) is 42.5 Å². The average Bonchev–Trinajstić information content (AvgIpc) is 2.72. The maximum atomic E-state index is 9.61. The van der Waals surface area contributed by atoms with Crippen molar-refractivity contribution in [3.63, 3.8) is 0 Å². The highest BCUT2D eigenvalue weighted by Gasteiger charge is 2.17. The van der Waals surface area contributed by atoms with E-state index in [1.165, 1.54) is 0 Å². The van der Waals surface area contributed by atoms with Gasteiger partial charge in [0.2, 0.25) is 0 Å². The zero-order valence-electron chi connectivity index (χ0n) is 15.5. The molecule has 0 spiro atoms. The standard InChI is InChI=1S/C21H23ClN4OS/c22-20-14-17(25-21(28)24-8-9-26-10-12-27-13-11-26)6-7-18(20)19(15-23)16-4-2-1-3-5-16/h1-7,14,19H,8-13H2,(H2,24,25,28)/t19-/m1/s1. The lowest BCUT2D eigenvalue weighted by molar-refractivity contribution is 0.0389. The number of hydrogen-bond acceptors (Lipinski definition) is 4. The first-order chi connectivity index (χ1) is 13.7. The Morgan fingerprint density at radius 2 is 1.96 bits per heavy atom. The van der Waals surface area contributed by atoms with E-state index in [2.05, 4.69) is 21.6 Å². The Morgan fingerprint density at radius 3 is 2.64 bits per heavy atom. The molecule has 1 heterocycles. The summed E-state index contributed by atoms with van der Waals surface area (Å²) in [5.41, 5.74) is 2.50. The summed E-state index contributed by atoms with van der Waals surface area (Å²) in [5.74, 6) is -0.402. The Kier molecular flexibility index (Phi) is 7.63. The van der Waals surface area contributed by atoms with E-state index in [0.29, 0.717) is 10.1 Å². The van der Waals surface area contributed by atoms with Gasteiger partial charge in [-0.05, 0) is 35.5 Å². The molecule has 0 amide bonds. The minimum absolute atomic E-state index is 0.402. The van der Waals surface area contributed by atoms with Crippen molar-refractivity contribution >= 4 is 34.6 Å². The minimum atomic E-state index is -0.402. The second kappa shape index (κ2) is 10.4. The van der Waals surface area contributed by atoms with Crippen LogP contribution >= 0.6 is 23.8 Å². The maximum absolute atomic E-state index is 9.61. The molecule has 2 N–H and O–H groups in total. The van der Waals surface area contributed by atoms with E-state index in [0.717, 1.165) is 56.2 Å². The van der Waals surface area contributed by atoms with Gasteiger partial charge in [0.25, 0.3) is 0 Å². The minimum Gasteiger partial charge on any atom is -0.379 e. The zero-order valence-corrected chi connectivity index (χ0v) is 17.1. The van der Waals surface area contributed by atoms with Gasteiger partial charge in [0, 0.05) is 36.9 Å². The third-order valence-corrected chi connectivity index (χ3v) is 5.22. The Labute approximate surface area is 176 Å². The van der Waals surface area contributed by atoms with Crippen LogP contribution in [0.2, 0.25) is 5.02 Å². The normalized spacial score (nSPS) is 15.4. The monoisotopic (exact) mass is 414 g/mol. The van der Waals surface area contributed by atoms with Crippen LogP contribution in [-0.4, -0.2) is 49.4 Å². The predicted molar refractivity (Wildman–Crippen MR) is 117 cm³/mol. The summed E-state index contributed by atoms with van der Waals surface area (Å²) >= 11 is 11.8. The third-order valence-electron chi connectivity index (χ3n) is 4.65. The van der Waals surface area contributed by atoms with Gasteiger partial charge in [0.15, 0.2) is 5.11 Å². The van der Waals surface area contributed by atoms with Crippen LogP contribution in [0.1, 0.15) is 17.0 Å². The number of ether oxygens (including phenoxy) is 1. The van der Waals surface area contributed by atoms with E-state index < -0.39 is 5.92 Å². The van der Waals surface area contributed by atoms with Gasteiger partial charge in [-0.1, -0.05) is 48.0 Å². The number of anilines is 1. The predicted octanol–water partition coefficient (Wildman–Crippen LogP) is 3.61. The SMILES string of the molecule is N#C[C@H](c1ccccc1)c1ccc(NC(=S)NCCN2CCOCC2)cc1Cl. The van der Waals surface area contributed by atoms with Crippen LogP contribution in [0.25, 0.3) is 0 Å². The van der Waals surface area contributed by atoms with Crippen molar-refractivity contribution in [2.24, 2.45) is 0 Å². The molecule has 1 atom stereocenters. The Hall–Kier alpha value is -2.17. The van der Waals surface area contributed by atoms with E-state index in [-0.39, 0.29) is 0 Å². The summed E-state index contributed by atoms with van der Waals surface area (Å²) < 4.78 is 5.35. The molecule has 1 saturated heterocycles. The molecule has 0 aromatic heterocycles. The first-order valence-corrected chi connectivity index (χ1v) is 10.0. The number of morpholine rings is 1. The lowest BCUT2D eigenvalue weighted by atomic mass is 9.92. The van der Waals surface area contributed by atoms with Crippen LogP contribution in [-0.2, 0) is 4.74 Å². The van der Waals surface area contributed by atoms with Gasteiger partial charge in [0.05, 0.1) is 25.2 Å². The number of rotatable bonds is 6. The summed E-state index contributed by atoms with van der Waals surface area (Å²) in [7, 11) is 0. The van der Waals surface area contributed by atoms with E-state index in [9.17, 15) is 5.26 Å². The Balaban J connectivity index is 1.56. The van der Waals surface area contributed by atoms with Gasteiger partial charge in [-0.15, -0.1) is 0 Å². The van der Waals surface area contributed by atoms with E-state index in [1.54, 1.807) is 6.07 Å². The number of nitrogens with zero attached hydrogens (tertiary/aromatic N) is 2. The molecule has 3 rings (SSSR count). The zero-order chi connectivity index (χ0) is 19.8. The van der Waals surface area contributed by atoms with Crippen LogP contribution in [0.15, 0.2) is 48.5 Å². The quantitative estimate of drug-likeness (QED) is 0.704. The van der Waals surface area contributed by atoms with Crippen LogP contribution in [0, 0.1) is 11.3 Å². The molecule has 146 valence electrons. The van der Waals surface area contributed by atoms with Crippen molar-refractivity contribution in [1.82, 2.24) is 10.2 Å². The molecule has 0 saturated carbocycles. The highest BCUT2D eigenvalue weighted by molar-refractivity contribution is 7.80. The maximum Gasteiger partial charge on any atom is 0.170 e. The topological polar surface area (TPSA) is 60.3 Å². The average molecular weight is 415 g/mol. The summed E-state index contributed by atoms with van der Waals surface area (Å²) in [6.45, 7) is 5.19. The number of hydrogen-bond donors (Lipinski definition) is 2. The molecule has 1 aliphatic rings. The second-order valence-corrected chi connectivity index (χ2v) is 7.36. The largest absolute Gasteiger partial charge is 0.379 e. The number of nitriles is 1. The number of nitrogens with one attached hydrogen (secondary N) is 2. The third kappa shape index (κ3) is 5.66. The molecule has 0 radical (unpaired) electrons. The molecule has 5 nitrogen and oxygen atoms in total. The van der Waals surface area contributed by atoms with Gasteiger partial charge in [-0.2, -0.15) is 5.26 Å². The first-order valence-electron chi connectivity index (χ1n) is 9.26. The number of thiocarbonyl (C=S) groups is 1. The fraction of sp³-hybridized carbons (Fsp3) is 0.333. The van der Waals surface area contributed by atoms with Crippen LogP contribution in [0.5, 0.6) is 0 Å². The van der Waals surface area contributed by atoms with Crippen molar-refractivity contribution in [3.8, 4) is 6.07 Å². The van der Waals surface area contributed by atoms with Crippen LogP contribution in [0.4, 0.5) is 5.69 Å². The van der Waals surface area contributed by atoms with Gasteiger partial charge >= 0.3 is 0 Å². The molecule has 0 unspecified atom stereocenters. The second-order valence-electron chi connectivity index (χ2n) is 6.54.